The largest absolute Gasteiger partial charge is 0.477 e. The zero-order chi connectivity index (χ0) is 11.0. The second-order valence-corrected chi connectivity index (χ2v) is 3.79. The molecule has 0 unspecified atom stereocenters. The van der Waals surface area contributed by atoms with E-state index in [4.69, 9.17) is 5.11 Å². The van der Waals surface area contributed by atoms with Crippen molar-refractivity contribution in [3.05, 3.63) is 35.8 Å². The molecule has 15 heavy (non-hydrogen) atoms. The summed E-state index contributed by atoms with van der Waals surface area (Å²) in [6, 6.07) is 3.84. The molecule has 0 amide bonds. The van der Waals surface area contributed by atoms with E-state index in [0.29, 0.717) is 11.6 Å². The molecule has 0 fully saturated rings. The third-order valence-corrected chi connectivity index (χ3v) is 2.42. The number of aromatic nitrogens is 2. The number of hydrogen-bond acceptors (Lipinski definition) is 2. The summed E-state index contributed by atoms with van der Waals surface area (Å²) in [5.41, 5.74) is 2.03. The molecule has 0 saturated carbocycles. The Labute approximate surface area is 87.2 Å². The van der Waals surface area contributed by atoms with Crippen molar-refractivity contribution in [1.82, 2.24) is 9.38 Å². The van der Waals surface area contributed by atoms with Gasteiger partial charge in [-0.1, -0.05) is 13.8 Å². The number of rotatable bonds is 2. The first kappa shape index (κ1) is 9.71. The number of fused-ring (bicyclic) bond motifs is 1. The molecule has 0 bridgehead atoms. The molecule has 0 atom stereocenters. The first-order chi connectivity index (χ1) is 7.09. The number of hydrogen-bond donors (Lipinski definition) is 1. The Bertz CT molecular complexity index is 514. The molecule has 1 N–H and O–H groups in total. The van der Waals surface area contributed by atoms with Crippen molar-refractivity contribution in [2.45, 2.75) is 19.8 Å². The Morgan fingerprint density at radius 1 is 1.53 bits per heavy atom. The molecule has 0 spiro atoms. The van der Waals surface area contributed by atoms with Crippen LogP contribution in [0.15, 0.2) is 24.5 Å². The van der Waals surface area contributed by atoms with Crippen LogP contribution in [0, 0.1) is 0 Å². The molecule has 4 heteroatoms. The van der Waals surface area contributed by atoms with E-state index in [1.165, 1.54) is 6.20 Å². The summed E-state index contributed by atoms with van der Waals surface area (Å²) in [7, 11) is 0. The minimum atomic E-state index is -0.959. The van der Waals surface area contributed by atoms with Crippen LogP contribution < -0.4 is 0 Å². The lowest BCUT2D eigenvalue weighted by Crippen LogP contribution is -2.01. The zero-order valence-corrected chi connectivity index (χ0v) is 8.64. The van der Waals surface area contributed by atoms with Crippen LogP contribution in [0.3, 0.4) is 0 Å². The topological polar surface area (TPSA) is 54.6 Å². The minimum absolute atomic E-state index is 0.195. The molecule has 0 aliphatic carbocycles. The fourth-order valence-electron chi connectivity index (χ4n) is 1.51. The summed E-state index contributed by atoms with van der Waals surface area (Å²) >= 11 is 0. The fourth-order valence-corrected chi connectivity index (χ4v) is 1.51. The number of imidazole rings is 1. The molecule has 2 heterocycles. The Kier molecular flexibility index (Phi) is 2.19. The number of carbonyl (C=O) groups is 1. The van der Waals surface area contributed by atoms with Crippen LogP contribution in [0.4, 0.5) is 0 Å². The van der Waals surface area contributed by atoms with Gasteiger partial charge in [0.25, 0.3) is 0 Å². The summed E-state index contributed by atoms with van der Waals surface area (Å²) in [5, 5.41) is 8.89. The highest BCUT2D eigenvalue weighted by Gasteiger charge is 2.10. The van der Waals surface area contributed by atoms with Crippen molar-refractivity contribution in [3.8, 4) is 0 Å². The third kappa shape index (κ3) is 1.58. The zero-order valence-electron chi connectivity index (χ0n) is 8.64. The number of carboxylic acids is 1. The van der Waals surface area contributed by atoms with E-state index in [1.54, 1.807) is 10.6 Å². The molecule has 4 nitrogen and oxygen atoms in total. The van der Waals surface area contributed by atoms with Crippen molar-refractivity contribution >= 4 is 11.6 Å². The van der Waals surface area contributed by atoms with Gasteiger partial charge in [-0.25, -0.2) is 9.78 Å². The van der Waals surface area contributed by atoms with E-state index >= 15 is 0 Å². The monoisotopic (exact) mass is 204 g/mol. The van der Waals surface area contributed by atoms with Gasteiger partial charge in [-0.15, -0.1) is 0 Å². The van der Waals surface area contributed by atoms with Crippen LogP contribution in [0.2, 0.25) is 0 Å². The second kappa shape index (κ2) is 3.38. The number of nitrogens with zero attached hydrogens (tertiary/aromatic N) is 2. The highest BCUT2D eigenvalue weighted by molar-refractivity contribution is 5.86. The maximum Gasteiger partial charge on any atom is 0.354 e. The van der Waals surface area contributed by atoms with Gasteiger partial charge in [0.1, 0.15) is 5.65 Å². The minimum Gasteiger partial charge on any atom is -0.477 e. The first-order valence-corrected chi connectivity index (χ1v) is 4.80. The van der Waals surface area contributed by atoms with Crippen molar-refractivity contribution in [2.24, 2.45) is 0 Å². The van der Waals surface area contributed by atoms with E-state index < -0.39 is 5.97 Å². The lowest BCUT2D eigenvalue weighted by Gasteiger charge is -2.05. The quantitative estimate of drug-likeness (QED) is 0.815. The number of carboxylic acid groups (broad SMARTS) is 1. The van der Waals surface area contributed by atoms with Crippen LogP contribution in [-0.2, 0) is 0 Å². The van der Waals surface area contributed by atoms with Crippen molar-refractivity contribution in [3.63, 3.8) is 0 Å². The average Bonchev–Trinajstić information content (AvgIpc) is 2.59. The van der Waals surface area contributed by atoms with E-state index in [-0.39, 0.29) is 5.69 Å². The molecule has 0 aliphatic heterocycles. The molecule has 2 aromatic rings. The lowest BCUT2D eigenvalue weighted by molar-refractivity contribution is 0.0689. The molecule has 2 rings (SSSR count). The molecule has 0 aromatic carbocycles. The van der Waals surface area contributed by atoms with Crippen LogP contribution >= 0.6 is 0 Å². The first-order valence-electron chi connectivity index (χ1n) is 4.80. The Morgan fingerprint density at radius 3 is 2.87 bits per heavy atom. The molecular formula is C11H12N2O2. The van der Waals surface area contributed by atoms with E-state index in [0.717, 1.165) is 5.56 Å². The van der Waals surface area contributed by atoms with Gasteiger partial charge >= 0.3 is 5.97 Å². The third-order valence-electron chi connectivity index (χ3n) is 2.42. The van der Waals surface area contributed by atoms with Gasteiger partial charge in [0.2, 0.25) is 0 Å². The van der Waals surface area contributed by atoms with Gasteiger partial charge in [0.15, 0.2) is 5.69 Å². The summed E-state index contributed by atoms with van der Waals surface area (Å²) in [4.78, 5) is 14.9. The van der Waals surface area contributed by atoms with Crippen LogP contribution in [-0.4, -0.2) is 20.5 Å². The average molecular weight is 204 g/mol. The van der Waals surface area contributed by atoms with E-state index in [9.17, 15) is 4.79 Å². The van der Waals surface area contributed by atoms with Gasteiger partial charge in [-0.3, -0.25) is 4.40 Å². The second-order valence-electron chi connectivity index (χ2n) is 3.79. The van der Waals surface area contributed by atoms with Gasteiger partial charge in [0, 0.05) is 6.20 Å². The van der Waals surface area contributed by atoms with Gasteiger partial charge in [0.05, 0.1) is 6.20 Å². The molecule has 0 radical (unpaired) electrons. The summed E-state index contributed by atoms with van der Waals surface area (Å²) in [5.74, 6) is -0.542. The molecule has 0 saturated heterocycles. The van der Waals surface area contributed by atoms with Crippen molar-refractivity contribution in [1.29, 1.82) is 0 Å². The predicted molar refractivity (Wildman–Crippen MR) is 56.2 cm³/mol. The summed E-state index contributed by atoms with van der Waals surface area (Å²) < 4.78 is 1.58. The lowest BCUT2D eigenvalue weighted by atomic mass is 10.1. The molecule has 78 valence electrons. The number of pyridine rings is 1. The van der Waals surface area contributed by atoms with E-state index in [2.05, 4.69) is 18.8 Å². The Morgan fingerprint density at radius 2 is 2.27 bits per heavy atom. The summed E-state index contributed by atoms with van der Waals surface area (Å²) in [6.45, 7) is 4.18. The predicted octanol–water partition coefficient (Wildman–Crippen LogP) is 2.16. The Hall–Kier alpha value is -1.84. The SMILES string of the molecule is CC(C)c1ccn2c(C(=O)O)cnc2c1. The smallest absolute Gasteiger partial charge is 0.354 e. The highest BCUT2D eigenvalue weighted by Crippen LogP contribution is 2.16. The fraction of sp³-hybridized carbons (Fsp3) is 0.273. The Balaban J connectivity index is 2.61. The van der Waals surface area contributed by atoms with Crippen LogP contribution in [0.1, 0.15) is 35.8 Å². The van der Waals surface area contributed by atoms with Gasteiger partial charge < -0.3 is 5.11 Å². The molecule has 0 aliphatic rings. The van der Waals surface area contributed by atoms with E-state index in [1.807, 2.05) is 12.1 Å². The highest BCUT2D eigenvalue weighted by atomic mass is 16.4. The maximum atomic E-state index is 10.8. The van der Waals surface area contributed by atoms with Gasteiger partial charge in [-0.2, -0.15) is 0 Å². The number of aromatic carboxylic acids is 1. The normalized spacial score (nSPS) is 11.1. The van der Waals surface area contributed by atoms with Crippen molar-refractivity contribution in [2.75, 3.05) is 0 Å². The standard InChI is InChI=1S/C11H12N2O2/c1-7(2)8-3-4-13-9(11(14)15)6-12-10(13)5-8/h3-7H,1-2H3,(H,14,15). The summed E-state index contributed by atoms with van der Waals surface area (Å²) in [6.07, 6.45) is 3.13. The van der Waals surface area contributed by atoms with Crippen LogP contribution in [0.25, 0.3) is 5.65 Å². The molecular weight excluding hydrogens is 192 g/mol. The maximum absolute atomic E-state index is 10.8. The van der Waals surface area contributed by atoms with Crippen LogP contribution in [0.5, 0.6) is 0 Å². The molecule has 2 aromatic heterocycles. The van der Waals surface area contributed by atoms with Gasteiger partial charge in [-0.05, 0) is 23.6 Å². The van der Waals surface area contributed by atoms with Crippen molar-refractivity contribution < 1.29 is 9.90 Å².